The molecule has 33 heavy (non-hydrogen) atoms. The lowest BCUT2D eigenvalue weighted by Gasteiger charge is -2.07. The fourth-order valence-corrected chi connectivity index (χ4v) is 3.62. The number of aromatic amines is 1. The van der Waals surface area contributed by atoms with Crippen molar-refractivity contribution in [2.24, 2.45) is 5.10 Å². The third kappa shape index (κ3) is 4.95. The van der Waals surface area contributed by atoms with Gasteiger partial charge in [0.2, 0.25) is 5.95 Å². The summed E-state index contributed by atoms with van der Waals surface area (Å²) in [7, 11) is 0. The Hall–Kier alpha value is -4.35. The first kappa shape index (κ1) is 21.9. The van der Waals surface area contributed by atoms with E-state index >= 15 is 0 Å². The topological polar surface area (TPSA) is 114 Å². The van der Waals surface area contributed by atoms with Crippen LogP contribution < -0.4 is 11.0 Å². The number of thioether (sulfide) groups is 1. The first-order valence-electron chi connectivity index (χ1n) is 9.95. The van der Waals surface area contributed by atoms with Crippen LogP contribution in [-0.4, -0.2) is 27.5 Å². The number of rotatable bonds is 6. The van der Waals surface area contributed by atoms with Crippen molar-refractivity contribution < 1.29 is 5.11 Å². The molecule has 0 aliphatic carbocycles. The summed E-state index contributed by atoms with van der Waals surface area (Å²) >= 11 is 1.67. The Morgan fingerprint density at radius 3 is 2.45 bits per heavy atom. The molecule has 162 valence electrons. The van der Waals surface area contributed by atoms with Gasteiger partial charge in [-0.1, -0.05) is 48.5 Å². The smallest absolute Gasteiger partial charge is 0.270 e. The summed E-state index contributed by atoms with van der Waals surface area (Å²) in [6, 6.07) is 24.3. The highest BCUT2D eigenvalue weighted by molar-refractivity contribution is 7.98. The van der Waals surface area contributed by atoms with Crippen molar-refractivity contribution in [2.75, 3.05) is 11.7 Å². The van der Waals surface area contributed by atoms with E-state index in [0.29, 0.717) is 11.1 Å². The van der Waals surface area contributed by atoms with Gasteiger partial charge in [-0.25, -0.2) is 10.4 Å². The molecule has 4 aromatic rings. The van der Waals surface area contributed by atoms with Gasteiger partial charge >= 0.3 is 0 Å². The Balaban J connectivity index is 1.55. The largest absolute Gasteiger partial charge is 0.507 e. The quantitative estimate of drug-likeness (QED) is 0.218. The molecule has 0 fully saturated rings. The van der Waals surface area contributed by atoms with Gasteiger partial charge in [-0.05, 0) is 41.6 Å². The molecule has 0 spiro atoms. The van der Waals surface area contributed by atoms with E-state index in [1.54, 1.807) is 48.2 Å². The molecule has 8 heteroatoms. The number of hydrogen-bond acceptors (Lipinski definition) is 7. The van der Waals surface area contributed by atoms with E-state index in [-0.39, 0.29) is 23.0 Å². The lowest BCUT2D eigenvalue weighted by molar-refractivity contribution is 0.474. The van der Waals surface area contributed by atoms with E-state index in [2.05, 4.69) is 20.5 Å². The summed E-state index contributed by atoms with van der Waals surface area (Å²) in [5.41, 5.74) is 5.30. The molecule has 0 aliphatic heterocycles. The molecule has 0 bridgehead atoms. The SMILES string of the molecule is CSc1ccc(-c2ccc(C=NNc3nc(-c4ccccc4)c(C#N)c(=O)[nH]3)c(O)c2)cc1. The molecule has 4 rings (SSSR count). The van der Waals surface area contributed by atoms with Crippen LogP contribution in [0.2, 0.25) is 0 Å². The third-order valence-electron chi connectivity index (χ3n) is 4.91. The van der Waals surface area contributed by atoms with Crippen LogP contribution in [0.3, 0.4) is 0 Å². The lowest BCUT2D eigenvalue weighted by Crippen LogP contribution is -2.16. The Morgan fingerprint density at radius 1 is 1.06 bits per heavy atom. The van der Waals surface area contributed by atoms with Crippen molar-refractivity contribution in [3.63, 3.8) is 0 Å². The number of benzene rings is 3. The molecule has 1 aromatic heterocycles. The molecule has 0 atom stereocenters. The van der Waals surface area contributed by atoms with Crippen LogP contribution in [0.25, 0.3) is 22.4 Å². The molecule has 3 aromatic carbocycles. The summed E-state index contributed by atoms with van der Waals surface area (Å²) in [5, 5.41) is 23.8. The summed E-state index contributed by atoms with van der Waals surface area (Å²) < 4.78 is 0. The van der Waals surface area contributed by atoms with Gasteiger partial charge in [-0.3, -0.25) is 9.78 Å². The number of hydrogen-bond donors (Lipinski definition) is 3. The Morgan fingerprint density at radius 2 is 1.79 bits per heavy atom. The average molecular weight is 454 g/mol. The van der Waals surface area contributed by atoms with E-state index in [4.69, 9.17) is 0 Å². The minimum absolute atomic E-state index is 0.0678. The first-order chi connectivity index (χ1) is 16.1. The number of phenolic OH excluding ortho intramolecular Hbond substituents is 1. The van der Waals surface area contributed by atoms with Gasteiger partial charge in [0.15, 0.2) is 0 Å². The van der Waals surface area contributed by atoms with Crippen LogP contribution in [0.1, 0.15) is 11.1 Å². The summed E-state index contributed by atoms with van der Waals surface area (Å²) in [6.07, 6.45) is 3.45. The zero-order valence-corrected chi connectivity index (χ0v) is 18.4. The van der Waals surface area contributed by atoms with Crippen molar-refractivity contribution in [1.82, 2.24) is 9.97 Å². The van der Waals surface area contributed by atoms with E-state index in [1.807, 2.05) is 48.7 Å². The molecule has 0 amide bonds. The van der Waals surface area contributed by atoms with Crippen molar-refractivity contribution in [1.29, 1.82) is 5.26 Å². The number of phenols is 1. The molecular weight excluding hydrogens is 434 g/mol. The maximum atomic E-state index is 12.3. The van der Waals surface area contributed by atoms with Crippen molar-refractivity contribution in [2.45, 2.75) is 4.90 Å². The summed E-state index contributed by atoms with van der Waals surface area (Å²) in [6.45, 7) is 0. The molecule has 3 N–H and O–H groups in total. The van der Waals surface area contributed by atoms with Crippen LogP contribution in [0.5, 0.6) is 5.75 Å². The maximum absolute atomic E-state index is 12.3. The van der Waals surface area contributed by atoms with Crippen LogP contribution in [0.15, 0.2) is 87.6 Å². The Labute approximate surface area is 194 Å². The van der Waals surface area contributed by atoms with E-state index < -0.39 is 5.56 Å². The molecule has 0 saturated heterocycles. The fourth-order valence-electron chi connectivity index (χ4n) is 3.21. The highest BCUT2D eigenvalue weighted by atomic mass is 32.2. The second kappa shape index (κ2) is 9.85. The molecule has 0 saturated carbocycles. The first-order valence-corrected chi connectivity index (χ1v) is 11.2. The number of hydrazone groups is 1. The van der Waals surface area contributed by atoms with Gasteiger partial charge in [0, 0.05) is 16.0 Å². The molecule has 7 nitrogen and oxygen atoms in total. The summed E-state index contributed by atoms with van der Waals surface area (Å²) in [5.74, 6) is 0.150. The van der Waals surface area contributed by atoms with Crippen molar-refractivity contribution >= 4 is 23.9 Å². The lowest BCUT2D eigenvalue weighted by atomic mass is 10.0. The number of nitrogens with one attached hydrogen (secondary N) is 2. The molecule has 0 unspecified atom stereocenters. The maximum Gasteiger partial charge on any atom is 0.270 e. The number of aromatic nitrogens is 2. The second-order valence-electron chi connectivity index (χ2n) is 6.99. The standard InChI is InChI=1S/C25H19N5O2S/c1-33-20-11-9-16(10-12-20)18-7-8-19(22(31)13-18)15-27-30-25-28-23(17-5-3-2-4-6-17)21(14-26)24(32)29-25/h2-13,15,31H,1H3,(H2,28,29,30,32). The minimum atomic E-state index is -0.566. The zero-order chi connectivity index (χ0) is 23.2. The van der Waals surface area contributed by atoms with Crippen LogP contribution in [0.4, 0.5) is 5.95 Å². The van der Waals surface area contributed by atoms with Gasteiger partial charge in [-0.15, -0.1) is 11.8 Å². The number of nitriles is 1. The monoisotopic (exact) mass is 453 g/mol. The fraction of sp³-hybridized carbons (Fsp3) is 0.0400. The normalized spacial score (nSPS) is 10.8. The average Bonchev–Trinajstić information content (AvgIpc) is 2.85. The zero-order valence-electron chi connectivity index (χ0n) is 17.6. The van der Waals surface area contributed by atoms with Gasteiger partial charge in [0.25, 0.3) is 5.56 Å². The molecule has 1 heterocycles. The van der Waals surface area contributed by atoms with Gasteiger partial charge in [-0.2, -0.15) is 10.4 Å². The third-order valence-corrected chi connectivity index (χ3v) is 5.65. The molecular formula is C25H19N5O2S. The van der Waals surface area contributed by atoms with Crippen LogP contribution >= 0.6 is 11.8 Å². The number of aromatic hydroxyl groups is 1. The molecule has 0 aliphatic rings. The van der Waals surface area contributed by atoms with E-state index in [1.165, 1.54) is 11.1 Å². The highest BCUT2D eigenvalue weighted by Crippen LogP contribution is 2.27. The predicted molar refractivity (Wildman–Crippen MR) is 132 cm³/mol. The summed E-state index contributed by atoms with van der Waals surface area (Å²) in [4.78, 5) is 20.3. The van der Waals surface area contributed by atoms with Gasteiger partial charge < -0.3 is 5.11 Å². The van der Waals surface area contributed by atoms with Crippen LogP contribution in [0, 0.1) is 11.3 Å². The van der Waals surface area contributed by atoms with Crippen LogP contribution in [-0.2, 0) is 0 Å². The molecule has 0 radical (unpaired) electrons. The van der Waals surface area contributed by atoms with Gasteiger partial charge in [0.05, 0.1) is 11.9 Å². The van der Waals surface area contributed by atoms with E-state index in [0.717, 1.165) is 11.1 Å². The van der Waals surface area contributed by atoms with Crippen molar-refractivity contribution in [3.05, 3.63) is 94.3 Å². The highest BCUT2D eigenvalue weighted by Gasteiger charge is 2.13. The number of H-pyrrole nitrogens is 1. The predicted octanol–water partition coefficient (Wildman–Crippen LogP) is 4.85. The Bertz CT molecular complexity index is 1410. The second-order valence-corrected chi connectivity index (χ2v) is 7.87. The van der Waals surface area contributed by atoms with E-state index in [9.17, 15) is 15.2 Å². The Kier molecular flexibility index (Phi) is 6.53. The number of nitrogens with zero attached hydrogens (tertiary/aromatic N) is 3. The minimum Gasteiger partial charge on any atom is -0.507 e. The number of anilines is 1. The van der Waals surface area contributed by atoms with Gasteiger partial charge in [0.1, 0.15) is 17.4 Å². The van der Waals surface area contributed by atoms with Crippen molar-refractivity contribution in [3.8, 4) is 34.2 Å².